The Morgan fingerprint density at radius 3 is 3.00 bits per heavy atom. The van der Waals surface area contributed by atoms with Crippen molar-refractivity contribution in [3.8, 4) is 0 Å². The molecule has 1 N–H and O–H groups in total. The van der Waals surface area contributed by atoms with Crippen LogP contribution < -0.4 is 10.2 Å². The number of halogens is 1. The van der Waals surface area contributed by atoms with Crippen LogP contribution in [0.2, 0.25) is 0 Å². The molecule has 2 aromatic rings. The maximum absolute atomic E-state index is 14.3. The zero-order valence-electron chi connectivity index (χ0n) is 12.6. The highest BCUT2D eigenvalue weighted by Gasteiger charge is 2.26. The molecule has 1 aliphatic heterocycles. The summed E-state index contributed by atoms with van der Waals surface area (Å²) in [5.74, 6) is -0.325. The summed E-state index contributed by atoms with van der Waals surface area (Å²) in [5, 5.41) is 5.72. The Kier molecular flexibility index (Phi) is 4.11. The number of aryl methyl sites for hydroxylation is 3. The van der Waals surface area contributed by atoms with Gasteiger partial charge in [0.05, 0.1) is 22.9 Å². The Balaban J connectivity index is 1.77. The van der Waals surface area contributed by atoms with Gasteiger partial charge in [0.2, 0.25) is 0 Å². The number of thiazole rings is 1. The quantitative estimate of drug-likeness (QED) is 0.920. The number of amides is 2. The number of nitrogens with one attached hydrogen (secondary N) is 1. The molecule has 22 heavy (non-hydrogen) atoms. The summed E-state index contributed by atoms with van der Waals surface area (Å²) in [6.07, 6.45) is 1.65. The molecule has 6 heteroatoms. The van der Waals surface area contributed by atoms with Crippen molar-refractivity contribution >= 4 is 23.1 Å². The van der Waals surface area contributed by atoms with Gasteiger partial charge >= 0.3 is 6.03 Å². The van der Waals surface area contributed by atoms with Gasteiger partial charge in [0.25, 0.3) is 0 Å². The summed E-state index contributed by atoms with van der Waals surface area (Å²) in [6, 6.07) is 3.17. The van der Waals surface area contributed by atoms with Crippen LogP contribution in [0.4, 0.5) is 14.9 Å². The van der Waals surface area contributed by atoms with Crippen molar-refractivity contribution in [2.24, 2.45) is 0 Å². The van der Waals surface area contributed by atoms with Gasteiger partial charge in [-0.05, 0) is 43.9 Å². The maximum Gasteiger partial charge on any atom is 0.322 e. The Bertz CT molecular complexity index is 713. The van der Waals surface area contributed by atoms with Gasteiger partial charge in [0.1, 0.15) is 5.82 Å². The summed E-state index contributed by atoms with van der Waals surface area (Å²) >= 11 is 1.55. The molecule has 0 spiro atoms. The van der Waals surface area contributed by atoms with Gasteiger partial charge in [0, 0.05) is 11.9 Å². The third-order valence-corrected chi connectivity index (χ3v) is 4.54. The molecule has 0 fully saturated rings. The van der Waals surface area contributed by atoms with Gasteiger partial charge in [-0.15, -0.1) is 11.3 Å². The van der Waals surface area contributed by atoms with Crippen LogP contribution in [-0.2, 0) is 13.0 Å². The Morgan fingerprint density at radius 1 is 1.45 bits per heavy atom. The predicted molar refractivity (Wildman–Crippen MR) is 85.9 cm³/mol. The Hall–Kier alpha value is -1.95. The number of hydrogen-bond donors (Lipinski definition) is 1. The fraction of sp³-hybridized carbons (Fsp3) is 0.375. The molecule has 0 aliphatic carbocycles. The van der Waals surface area contributed by atoms with Crippen LogP contribution in [0.5, 0.6) is 0 Å². The highest BCUT2D eigenvalue weighted by Crippen LogP contribution is 2.31. The van der Waals surface area contributed by atoms with E-state index in [0.29, 0.717) is 18.8 Å². The van der Waals surface area contributed by atoms with Crippen LogP contribution in [0.1, 0.15) is 28.2 Å². The van der Waals surface area contributed by atoms with Crippen molar-refractivity contribution in [2.45, 2.75) is 33.2 Å². The lowest BCUT2D eigenvalue weighted by molar-refractivity contribution is 0.245. The average Bonchev–Trinajstić information content (AvgIpc) is 2.89. The van der Waals surface area contributed by atoms with Gasteiger partial charge in [0.15, 0.2) is 0 Å². The molecule has 4 nitrogen and oxygen atoms in total. The third-order valence-electron chi connectivity index (χ3n) is 3.72. The minimum absolute atomic E-state index is 0.269. The molecular formula is C16H18FN3OS. The van der Waals surface area contributed by atoms with E-state index in [2.05, 4.69) is 10.3 Å². The predicted octanol–water partition coefficient (Wildman–Crippen LogP) is 3.56. The lowest BCUT2D eigenvalue weighted by Gasteiger charge is -2.30. The molecule has 0 unspecified atom stereocenters. The molecular weight excluding hydrogens is 301 g/mol. The minimum atomic E-state index is -0.325. The summed E-state index contributed by atoms with van der Waals surface area (Å²) < 4.78 is 14.3. The monoisotopic (exact) mass is 319 g/mol. The van der Waals surface area contributed by atoms with E-state index in [1.807, 2.05) is 25.3 Å². The molecule has 1 aromatic heterocycles. The van der Waals surface area contributed by atoms with Crippen LogP contribution in [0.15, 0.2) is 17.5 Å². The second kappa shape index (κ2) is 6.04. The van der Waals surface area contributed by atoms with Gasteiger partial charge < -0.3 is 5.32 Å². The fourth-order valence-corrected chi connectivity index (χ4v) is 3.41. The molecule has 116 valence electrons. The average molecular weight is 319 g/mol. The lowest BCUT2D eigenvalue weighted by atomic mass is 9.99. The molecule has 0 atom stereocenters. The van der Waals surface area contributed by atoms with E-state index < -0.39 is 0 Å². The number of aromatic nitrogens is 1. The second-order valence-electron chi connectivity index (χ2n) is 5.53. The summed E-state index contributed by atoms with van der Waals surface area (Å²) in [7, 11) is 0. The number of urea groups is 1. The lowest BCUT2D eigenvalue weighted by Crippen LogP contribution is -2.43. The standard InChI is InChI=1S/C16H18FN3OS/c1-10-6-12-4-3-5-20(15(12)14(17)7-10)16(21)18-8-13-9-22-11(2)19-13/h6-7,9H,3-5,8H2,1-2H3,(H,18,21). The molecule has 0 saturated carbocycles. The van der Waals surface area contributed by atoms with E-state index in [0.717, 1.165) is 34.7 Å². The number of fused-ring (bicyclic) bond motifs is 1. The van der Waals surface area contributed by atoms with E-state index in [-0.39, 0.29) is 11.8 Å². The summed E-state index contributed by atoms with van der Waals surface area (Å²) in [5.41, 5.74) is 3.04. The summed E-state index contributed by atoms with van der Waals surface area (Å²) in [4.78, 5) is 18.2. The normalized spacial score (nSPS) is 13.9. The SMILES string of the molecule is Cc1cc(F)c2c(c1)CCCN2C(=O)NCc1csc(C)n1. The van der Waals surface area contributed by atoms with E-state index >= 15 is 0 Å². The number of hydrogen-bond acceptors (Lipinski definition) is 3. The van der Waals surface area contributed by atoms with E-state index in [1.165, 1.54) is 11.0 Å². The van der Waals surface area contributed by atoms with Gasteiger partial charge in [-0.3, -0.25) is 4.90 Å². The van der Waals surface area contributed by atoms with Crippen LogP contribution in [0.3, 0.4) is 0 Å². The van der Waals surface area contributed by atoms with Gasteiger partial charge in [-0.1, -0.05) is 6.07 Å². The number of rotatable bonds is 2. The molecule has 2 heterocycles. The molecule has 1 aliphatic rings. The van der Waals surface area contributed by atoms with E-state index in [1.54, 1.807) is 11.3 Å². The van der Waals surface area contributed by atoms with Crippen molar-refractivity contribution in [3.63, 3.8) is 0 Å². The van der Waals surface area contributed by atoms with Crippen molar-refractivity contribution in [2.75, 3.05) is 11.4 Å². The molecule has 0 radical (unpaired) electrons. The largest absolute Gasteiger partial charge is 0.332 e. The minimum Gasteiger partial charge on any atom is -0.332 e. The van der Waals surface area contributed by atoms with Gasteiger partial charge in [-0.2, -0.15) is 0 Å². The van der Waals surface area contributed by atoms with Crippen LogP contribution in [-0.4, -0.2) is 17.6 Å². The Morgan fingerprint density at radius 2 is 2.27 bits per heavy atom. The molecule has 2 amide bonds. The zero-order valence-corrected chi connectivity index (χ0v) is 13.5. The smallest absolute Gasteiger partial charge is 0.322 e. The van der Waals surface area contributed by atoms with E-state index in [9.17, 15) is 9.18 Å². The maximum atomic E-state index is 14.3. The first-order valence-corrected chi connectivity index (χ1v) is 8.18. The number of anilines is 1. The molecule has 1 aromatic carbocycles. The Labute approximate surface area is 133 Å². The van der Waals surface area contributed by atoms with Crippen LogP contribution in [0, 0.1) is 19.7 Å². The van der Waals surface area contributed by atoms with Crippen molar-refractivity contribution in [3.05, 3.63) is 45.2 Å². The van der Waals surface area contributed by atoms with Crippen LogP contribution in [0.25, 0.3) is 0 Å². The highest BCUT2D eigenvalue weighted by atomic mass is 32.1. The number of carbonyl (C=O) groups is 1. The van der Waals surface area contributed by atoms with E-state index in [4.69, 9.17) is 0 Å². The van der Waals surface area contributed by atoms with Crippen molar-refractivity contribution in [1.29, 1.82) is 0 Å². The number of carbonyl (C=O) groups excluding carboxylic acids is 1. The van der Waals surface area contributed by atoms with Crippen molar-refractivity contribution < 1.29 is 9.18 Å². The van der Waals surface area contributed by atoms with Crippen LogP contribution >= 0.6 is 11.3 Å². The fourth-order valence-electron chi connectivity index (χ4n) is 2.79. The summed E-state index contributed by atoms with van der Waals surface area (Å²) in [6.45, 7) is 4.69. The molecule has 0 saturated heterocycles. The van der Waals surface area contributed by atoms with Gasteiger partial charge in [-0.25, -0.2) is 14.2 Å². The topological polar surface area (TPSA) is 45.2 Å². The third kappa shape index (κ3) is 2.97. The molecule has 3 rings (SSSR count). The molecule has 0 bridgehead atoms. The first-order valence-electron chi connectivity index (χ1n) is 7.30. The zero-order chi connectivity index (χ0) is 15.7. The highest BCUT2D eigenvalue weighted by molar-refractivity contribution is 7.09. The number of nitrogens with zero attached hydrogens (tertiary/aromatic N) is 2. The number of benzene rings is 1. The first-order chi connectivity index (χ1) is 10.5. The first kappa shape index (κ1) is 15.0. The second-order valence-corrected chi connectivity index (χ2v) is 6.59. The van der Waals surface area contributed by atoms with Crippen molar-refractivity contribution in [1.82, 2.24) is 10.3 Å².